The average molecular weight is 584 g/mol. The molecule has 5 rings (SSSR count). The molecular weight excluding hydrogens is 547 g/mol. The summed E-state index contributed by atoms with van der Waals surface area (Å²) in [7, 11) is 1.58. The number of fused-ring (bicyclic) bond motifs is 1. The maximum atomic E-state index is 15.2. The van der Waals surface area contributed by atoms with Crippen LogP contribution in [-0.2, 0) is 0 Å². The fraction of sp³-hybridized carbons (Fsp3) is 0.433. The summed E-state index contributed by atoms with van der Waals surface area (Å²) < 4.78 is 50.6. The monoisotopic (exact) mass is 583 g/mol. The van der Waals surface area contributed by atoms with Crippen LogP contribution in [0.1, 0.15) is 38.2 Å². The number of amides is 2. The number of rotatable bonds is 8. The van der Waals surface area contributed by atoms with Gasteiger partial charge < -0.3 is 30.5 Å². The molecule has 3 N–H and O–H groups in total. The molecule has 1 fully saturated rings. The van der Waals surface area contributed by atoms with E-state index in [0.29, 0.717) is 36.6 Å². The molecule has 2 aliphatic rings. The summed E-state index contributed by atoms with van der Waals surface area (Å²) in [6, 6.07) is 7.66. The summed E-state index contributed by atoms with van der Waals surface area (Å²) in [6.45, 7) is 7.87. The maximum Gasteiger partial charge on any atom is 0.314 e. The molecule has 0 aliphatic carbocycles. The molecule has 0 atom stereocenters. The van der Waals surface area contributed by atoms with E-state index in [1.54, 1.807) is 25.2 Å². The Morgan fingerprint density at radius 1 is 1.07 bits per heavy atom. The molecule has 1 saturated heterocycles. The van der Waals surface area contributed by atoms with Gasteiger partial charge in [-0.05, 0) is 75.5 Å². The molecule has 42 heavy (non-hydrogen) atoms. The van der Waals surface area contributed by atoms with E-state index in [-0.39, 0.29) is 46.8 Å². The van der Waals surface area contributed by atoms with Gasteiger partial charge >= 0.3 is 6.03 Å². The molecule has 12 heteroatoms. The molecule has 9 nitrogen and oxygen atoms in total. The van der Waals surface area contributed by atoms with Crippen molar-refractivity contribution in [3.63, 3.8) is 0 Å². The van der Waals surface area contributed by atoms with Crippen LogP contribution in [0.2, 0.25) is 0 Å². The first-order valence-electron chi connectivity index (χ1n) is 14.2. The van der Waals surface area contributed by atoms with E-state index < -0.39 is 11.6 Å². The number of likely N-dealkylation sites (tertiary alicyclic amines) is 1. The number of ether oxygens (including phenoxy) is 1. The highest BCUT2D eigenvalue weighted by Gasteiger charge is 2.26. The predicted molar refractivity (Wildman–Crippen MR) is 156 cm³/mol. The number of urea groups is 1. The summed E-state index contributed by atoms with van der Waals surface area (Å²) >= 11 is 0. The lowest BCUT2D eigenvalue weighted by Crippen LogP contribution is -2.41. The Hall–Kier alpha value is -4.06. The highest BCUT2D eigenvalue weighted by molar-refractivity contribution is 5.74. The number of carbonyl (C=O) groups excluding carboxylic acids is 1. The summed E-state index contributed by atoms with van der Waals surface area (Å²) in [5.41, 5.74) is 1.79. The zero-order valence-corrected chi connectivity index (χ0v) is 24.0. The molecular formula is C30H36F3N7O2. The molecule has 0 spiro atoms. The van der Waals surface area contributed by atoms with Gasteiger partial charge in [-0.25, -0.2) is 27.9 Å². The van der Waals surface area contributed by atoms with Crippen LogP contribution < -0.4 is 25.6 Å². The van der Waals surface area contributed by atoms with Crippen LogP contribution in [0, 0.1) is 17.5 Å². The zero-order valence-electron chi connectivity index (χ0n) is 24.0. The Balaban J connectivity index is 1.27. The number of nitrogens with one attached hydrogen (secondary N) is 3. The lowest BCUT2D eigenvalue weighted by molar-refractivity contribution is 0.208. The Morgan fingerprint density at radius 3 is 2.57 bits per heavy atom. The van der Waals surface area contributed by atoms with Crippen molar-refractivity contribution < 1.29 is 22.7 Å². The molecule has 3 heterocycles. The van der Waals surface area contributed by atoms with Gasteiger partial charge in [-0.3, -0.25) is 0 Å². The number of aromatic nitrogens is 2. The number of benzene rings is 2. The van der Waals surface area contributed by atoms with Gasteiger partial charge in [0.2, 0.25) is 5.95 Å². The van der Waals surface area contributed by atoms with Crippen molar-refractivity contribution in [1.29, 1.82) is 0 Å². The summed E-state index contributed by atoms with van der Waals surface area (Å²) in [5.74, 6) is -1.34. The number of hydrogen-bond donors (Lipinski definition) is 3. The quantitative estimate of drug-likeness (QED) is 0.343. The zero-order chi connectivity index (χ0) is 29.8. The number of carbonyl (C=O) groups is 1. The molecule has 2 aromatic carbocycles. The second-order valence-corrected chi connectivity index (χ2v) is 10.8. The third-order valence-corrected chi connectivity index (χ3v) is 7.78. The molecule has 0 bridgehead atoms. The number of hydrogen-bond acceptors (Lipinski definition) is 7. The molecule has 0 saturated carbocycles. The fourth-order valence-electron chi connectivity index (χ4n) is 5.55. The predicted octanol–water partition coefficient (Wildman–Crippen LogP) is 5.02. The van der Waals surface area contributed by atoms with Crippen molar-refractivity contribution in [2.24, 2.45) is 0 Å². The van der Waals surface area contributed by atoms with Gasteiger partial charge in [-0.15, -0.1) is 0 Å². The minimum Gasteiger partial charge on any atom is -0.486 e. The summed E-state index contributed by atoms with van der Waals surface area (Å²) in [4.78, 5) is 23.9. The smallest absolute Gasteiger partial charge is 0.314 e. The van der Waals surface area contributed by atoms with Gasteiger partial charge in [-0.2, -0.15) is 0 Å². The van der Waals surface area contributed by atoms with Crippen molar-refractivity contribution >= 4 is 23.4 Å². The number of anilines is 3. The van der Waals surface area contributed by atoms with Gasteiger partial charge in [0, 0.05) is 37.4 Å². The summed E-state index contributed by atoms with van der Waals surface area (Å²) in [5, 5.41) is 8.26. The Morgan fingerprint density at radius 2 is 1.86 bits per heavy atom. The molecule has 0 radical (unpaired) electrons. The van der Waals surface area contributed by atoms with E-state index >= 15 is 4.39 Å². The molecule has 224 valence electrons. The van der Waals surface area contributed by atoms with Crippen molar-refractivity contribution in [3.8, 4) is 17.0 Å². The van der Waals surface area contributed by atoms with Crippen LogP contribution in [0.15, 0.2) is 36.5 Å². The molecule has 1 aromatic heterocycles. The average Bonchev–Trinajstić information content (AvgIpc) is 2.98. The minimum absolute atomic E-state index is 0.0623. The molecule has 2 aliphatic heterocycles. The maximum absolute atomic E-state index is 15.2. The number of halogens is 3. The third-order valence-electron chi connectivity index (χ3n) is 7.78. The number of nitrogens with zero attached hydrogens (tertiary/aromatic N) is 4. The Bertz CT molecular complexity index is 1430. The van der Waals surface area contributed by atoms with Gasteiger partial charge in [0.05, 0.1) is 18.4 Å². The Kier molecular flexibility index (Phi) is 9.00. The Labute approximate surface area is 243 Å². The molecule has 0 unspecified atom stereocenters. The minimum atomic E-state index is -0.704. The van der Waals surface area contributed by atoms with Crippen LogP contribution >= 0.6 is 0 Å². The topological polar surface area (TPSA) is 94.7 Å². The van der Waals surface area contributed by atoms with Crippen molar-refractivity contribution in [1.82, 2.24) is 25.5 Å². The summed E-state index contributed by atoms with van der Waals surface area (Å²) in [6.07, 6.45) is 2.64. The van der Waals surface area contributed by atoms with Crippen molar-refractivity contribution in [2.75, 3.05) is 56.6 Å². The fourth-order valence-corrected chi connectivity index (χ4v) is 5.55. The van der Waals surface area contributed by atoms with Crippen LogP contribution in [0.3, 0.4) is 0 Å². The lowest BCUT2D eigenvalue weighted by Gasteiger charge is -2.34. The van der Waals surface area contributed by atoms with E-state index in [9.17, 15) is 13.6 Å². The van der Waals surface area contributed by atoms with E-state index in [0.717, 1.165) is 38.7 Å². The highest BCUT2D eigenvalue weighted by Crippen LogP contribution is 2.39. The second-order valence-electron chi connectivity index (χ2n) is 10.8. The first-order valence-corrected chi connectivity index (χ1v) is 14.2. The largest absolute Gasteiger partial charge is 0.486 e. The highest BCUT2D eigenvalue weighted by atomic mass is 19.1. The van der Waals surface area contributed by atoms with E-state index in [1.807, 2.05) is 18.7 Å². The first kappa shape index (κ1) is 29.4. The number of piperidine rings is 1. The molecule has 2 amide bonds. The van der Waals surface area contributed by atoms with Gasteiger partial charge in [0.1, 0.15) is 18.1 Å². The van der Waals surface area contributed by atoms with E-state index in [4.69, 9.17) is 4.74 Å². The van der Waals surface area contributed by atoms with Gasteiger partial charge in [0.25, 0.3) is 0 Å². The van der Waals surface area contributed by atoms with E-state index in [1.165, 1.54) is 12.1 Å². The van der Waals surface area contributed by atoms with Gasteiger partial charge in [-0.1, -0.05) is 6.07 Å². The first-order chi connectivity index (χ1) is 20.2. The third kappa shape index (κ3) is 6.53. The second kappa shape index (κ2) is 12.8. The normalized spacial score (nSPS) is 15.7. The van der Waals surface area contributed by atoms with Crippen LogP contribution in [-0.4, -0.2) is 73.3 Å². The molecule has 3 aromatic rings. The van der Waals surface area contributed by atoms with Crippen LogP contribution in [0.5, 0.6) is 5.75 Å². The van der Waals surface area contributed by atoms with Crippen LogP contribution in [0.4, 0.5) is 35.3 Å². The standard InChI is InChI=1S/C30H36F3N7O2/c1-18(2)40-12-13-42-28-24(32)14-20(15-26(28)40)27-25(33)17-36-29(38-27)37-21-4-5-22(23(31)16-21)19-6-9-39(10-7-19)11-8-35-30(41)34-3/h4-5,14-19H,6-13H2,1-3H3,(H2,34,35,41)(H,36,37,38). The van der Waals surface area contributed by atoms with Crippen molar-refractivity contribution in [3.05, 3.63) is 59.5 Å². The lowest BCUT2D eigenvalue weighted by atomic mass is 9.89. The van der Waals surface area contributed by atoms with Gasteiger partial charge in [0.15, 0.2) is 17.4 Å². The SMILES string of the molecule is CNC(=O)NCCN1CCC(c2ccc(Nc3ncc(F)c(-c4cc(F)c5c(c4)N(C(C)C)CCO5)n3)cc2F)CC1. The van der Waals surface area contributed by atoms with Crippen LogP contribution in [0.25, 0.3) is 11.3 Å². The van der Waals surface area contributed by atoms with E-state index in [2.05, 4.69) is 30.8 Å². The van der Waals surface area contributed by atoms with Crippen molar-refractivity contribution in [2.45, 2.75) is 38.6 Å².